The summed E-state index contributed by atoms with van der Waals surface area (Å²) in [6, 6.07) is 4.51. The van der Waals surface area contributed by atoms with Crippen molar-refractivity contribution in [3.05, 3.63) is 48.3 Å². The van der Waals surface area contributed by atoms with Gasteiger partial charge in [-0.15, -0.1) is 0 Å². The number of halogens is 2. The smallest absolute Gasteiger partial charge is 0.337 e. The molecule has 1 aromatic carbocycles. The van der Waals surface area contributed by atoms with Crippen molar-refractivity contribution in [3.63, 3.8) is 0 Å². The van der Waals surface area contributed by atoms with Crippen molar-refractivity contribution in [2.45, 2.75) is 25.8 Å². The average Bonchev–Trinajstić information content (AvgIpc) is 3.14. The van der Waals surface area contributed by atoms with E-state index in [-0.39, 0.29) is 18.2 Å². The second kappa shape index (κ2) is 8.97. The van der Waals surface area contributed by atoms with Gasteiger partial charge in [-0.25, -0.2) is 9.78 Å². The fourth-order valence-electron chi connectivity index (χ4n) is 2.56. The molecule has 0 spiro atoms. The van der Waals surface area contributed by atoms with Gasteiger partial charge in [0.1, 0.15) is 23.9 Å². The molecule has 6 nitrogen and oxygen atoms in total. The van der Waals surface area contributed by atoms with Crippen LogP contribution in [0.1, 0.15) is 35.9 Å². The number of hydrogen-bond donors (Lipinski definition) is 0. The molecular formula is C20H24F2N2O4. The Morgan fingerprint density at radius 1 is 1.32 bits per heavy atom. The topological polar surface area (TPSA) is 62.6 Å². The summed E-state index contributed by atoms with van der Waals surface area (Å²) in [4.78, 5) is 16.0. The van der Waals surface area contributed by atoms with Gasteiger partial charge in [0.2, 0.25) is 0 Å². The van der Waals surface area contributed by atoms with Crippen LogP contribution < -0.4 is 4.74 Å². The molecule has 2 rings (SSSR count). The Balaban J connectivity index is 2.61. The molecule has 0 saturated carbocycles. The number of allylic oxidation sites excluding steroid dienone is 1. The molecule has 0 aliphatic rings. The molecule has 0 aliphatic heterocycles. The van der Waals surface area contributed by atoms with Crippen molar-refractivity contribution in [1.82, 2.24) is 9.55 Å². The Hall–Kier alpha value is -2.74. The normalized spacial score (nSPS) is 11.5. The van der Waals surface area contributed by atoms with Crippen molar-refractivity contribution < 1.29 is 27.8 Å². The highest BCUT2D eigenvalue weighted by atomic mass is 19.3. The van der Waals surface area contributed by atoms with Gasteiger partial charge in [-0.05, 0) is 38.1 Å². The third kappa shape index (κ3) is 4.56. The summed E-state index contributed by atoms with van der Waals surface area (Å²) >= 11 is 0. The summed E-state index contributed by atoms with van der Waals surface area (Å²) in [6.07, 6.45) is 1.86. The van der Waals surface area contributed by atoms with Crippen LogP contribution in [0, 0.1) is 0 Å². The minimum atomic E-state index is -3.27. The molecule has 152 valence electrons. The summed E-state index contributed by atoms with van der Waals surface area (Å²) in [7, 11) is 2.81. The van der Waals surface area contributed by atoms with Gasteiger partial charge in [-0.1, -0.05) is 6.58 Å². The molecule has 0 N–H and O–H groups in total. The third-order valence-corrected chi connectivity index (χ3v) is 4.08. The van der Waals surface area contributed by atoms with Crippen LogP contribution in [0.4, 0.5) is 8.78 Å². The number of benzene rings is 1. The molecule has 0 saturated heterocycles. The number of methoxy groups -OCH3 is 2. The Morgan fingerprint density at radius 2 is 2.04 bits per heavy atom. The minimum absolute atomic E-state index is 0.135. The van der Waals surface area contributed by atoms with E-state index in [0.717, 1.165) is 0 Å². The molecule has 0 fully saturated rings. The van der Waals surface area contributed by atoms with Crippen LogP contribution >= 0.6 is 0 Å². The van der Waals surface area contributed by atoms with E-state index in [1.807, 2.05) is 13.8 Å². The second-order valence-corrected chi connectivity index (χ2v) is 6.32. The maximum absolute atomic E-state index is 14.1. The quantitative estimate of drug-likeness (QED) is 0.362. The summed E-state index contributed by atoms with van der Waals surface area (Å²) in [5, 5.41) is 0. The van der Waals surface area contributed by atoms with Gasteiger partial charge >= 0.3 is 11.9 Å². The van der Waals surface area contributed by atoms with Crippen LogP contribution in [0.25, 0.3) is 11.4 Å². The molecule has 8 heteroatoms. The van der Waals surface area contributed by atoms with Crippen molar-refractivity contribution >= 4 is 5.97 Å². The SMILES string of the molecule is C=CC(F)(F)c1cn(C(C)C)c(-c2ccc(C(=O)OC)cc2OCCOC)n1. The number of rotatable bonds is 9. The van der Waals surface area contributed by atoms with Crippen LogP contribution in [-0.4, -0.2) is 43.0 Å². The summed E-state index contributed by atoms with van der Waals surface area (Å²) < 4.78 is 45.3. The monoisotopic (exact) mass is 394 g/mol. The van der Waals surface area contributed by atoms with Gasteiger partial charge in [0, 0.05) is 19.3 Å². The van der Waals surface area contributed by atoms with E-state index in [2.05, 4.69) is 11.6 Å². The fraction of sp³-hybridized carbons (Fsp3) is 0.400. The second-order valence-electron chi connectivity index (χ2n) is 6.32. The maximum atomic E-state index is 14.1. The highest BCUT2D eigenvalue weighted by Crippen LogP contribution is 2.36. The van der Waals surface area contributed by atoms with E-state index in [1.54, 1.807) is 10.6 Å². The first kappa shape index (κ1) is 21.6. The Morgan fingerprint density at radius 3 is 2.61 bits per heavy atom. The van der Waals surface area contributed by atoms with Crippen LogP contribution in [0.3, 0.4) is 0 Å². The first-order valence-electron chi connectivity index (χ1n) is 8.70. The lowest BCUT2D eigenvalue weighted by molar-refractivity contribution is 0.0479. The van der Waals surface area contributed by atoms with E-state index in [0.29, 0.717) is 29.8 Å². The number of aromatic nitrogens is 2. The largest absolute Gasteiger partial charge is 0.490 e. The number of esters is 1. The number of imidazole rings is 1. The summed E-state index contributed by atoms with van der Waals surface area (Å²) in [5.41, 5.74) is 0.340. The maximum Gasteiger partial charge on any atom is 0.337 e. The van der Waals surface area contributed by atoms with Gasteiger partial charge in [0.25, 0.3) is 0 Å². The van der Waals surface area contributed by atoms with Gasteiger partial charge < -0.3 is 18.8 Å². The highest BCUT2D eigenvalue weighted by molar-refractivity contribution is 5.91. The molecular weight excluding hydrogens is 370 g/mol. The lowest BCUT2D eigenvalue weighted by Crippen LogP contribution is -2.09. The number of hydrogen-bond acceptors (Lipinski definition) is 5. The van der Waals surface area contributed by atoms with E-state index >= 15 is 0 Å². The Labute approximate surface area is 162 Å². The number of ether oxygens (including phenoxy) is 3. The predicted octanol–water partition coefficient (Wildman–Crippen LogP) is 4.22. The van der Waals surface area contributed by atoms with Crippen LogP contribution in [-0.2, 0) is 15.4 Å². The van der Waals surface area contributed by atoms with Crippen LogP contribution in [0.2, 0.25) is 0 Å². The van der Waals surface area contributed by atoms with Crippen molar-refractivity contribution in [2.75, 3.05) is 27.4 Å². The molecule has 0 radical (unpaired) electrons. The molecule has 0 unspecified atom stereocenters. The van der Waals surface area contributed by atoms with E-state index in [9.17, 15) is 13.6 Å². The van der Waals surface area contributed by atoms with Gasteiger partial charge in [-0.3, -0.25) is 0 Å². The van der Waals surface area contributed by atoms with Gasteiger partial charge in [-0.2, -0.15) is 8.78 Å². The van der Waals surface area contributed by atoms with Crippen molar-refractivity contribution in [1.29, 1.82) is 0 Å². The zero-order chi connectivity index (χ0) is 20.9. The Kier molecular flexibility index (Phi) is 6.90. The van der Waals surface area contributed by atoms with Gasteiger partial charge in [0.15, 0.2) is 0 Å². The lowest BCUT2D eigenvalue weighted by atomic mass is 10.1. The lowest BCUT2D eigenvalue weighted by Gasteiger charge is -2.15. The van der Waals surface area contributed by atoms with Crippen LogP contribution in [0.15, 0.2) is 37.1 Å². The van der Waals surface area contributed by atoms with E-state index in [1.165, 1.54) is 32.5 Å². The Bertz CT molecular complexity index is 847. The highest BCUT2D eigenvalue weighted by Gasteiger charge is 2.32. The molecule has 0 bridgehead atoms. The van der Waals surface area contributed by atoms with E-state index in [4.69, 9.17) is 14.2 Å². The average molecular weight is 394 g/mol. The number of nitrogens with zero attached hydrogens (tertiary/aromatic N) is 2. The van der Waals surface area contributed by atoms with E-state index < -0.39 is 17.6 Å². The van der Waals surface area contributed by atoms with Crippen LogP contribution in [0.5, 0.6) is 5.75 Å². The standard InChI is InChI=1S/C20H24F2N2O4/c1-6-20(21,22)17-12-24(13(2)3)18(23-17)15-8-7-14(19(25)27-5)11-16(15)28-10-9-26-4/h6-8,11-13H,1,9-10H2,2-5H3. The number of carbonyl (C=O) groups is 1. The molecule has 0 amide bonds. The van der Waals surface area contributed by atoms with Crippen molar-refractivity contribution in [2.24, 2.45) is 0 Å². The third-order valence-electron chi connectivity index (χ3n) is 4.08. The zero-order valence-corrected chi connectivity index (χ0v) is 16.4. The molecule has 0 atom stereocenters. The number of alkyl halides is 2. The minimum Gasteiger partial charge on any atom is -0.490 e. The molecule has 2 aromatic rings. The summed E-state index contributed by atoms with van der Waals surface area (Å²) in [5.74, 6) is -3.18. The van der Waals surface area contributed by atoms with Crippen molar-refractivity contribution in [3.8, 4) is 17.1 Å². The predicted molar refractivity (Wildman–Crippen MR) is 101 cm³/mol. The first-order chi connectivity index (χ1) is 13.2. The fourth-order valence-corrected chi connectivity index (χ4v) is 2.56. The molecule has 0 aliphatic carbocycles. The molecule has 1 aromatic heterocycles. The molecule has 28 heavy (non-hydrogen) atoms. The van der Waals surface area contributed by atoms with Gasteiger partial charge in [0.05, 0.1) is 24.8 Å². The zero-order valence-electron chi connectivity index (χ0n) is 16.4. The summed E-state index contributed by atoms with van der Waals surface area (Å²) in [6.45, 7) is 7.43. The first-order valence-corrected chi connectivity index (χ1v) is 8.70. The molecule has 1 heterocycles. The number of carbonyl (C=O) groups excluding carboxylic acids is 1.